The SMILES string of the molecule is Nc1cccc(Br)c1CCCBr. The van der Waals surface area contributed by atoms with Gasteiger partial charge in [-0.25, -0.2) is 0 Å². The van der Waals surface area contributed by atoms with Crippen molar-refractivity contribution >= 4 is 37.5 Å². The van der Waals surface area contributed by atoms with Crippen molar-refractivity contribution in [2.24, 2.45) is 0 Å². The lowest BCUT2D eigenvalue weighted by Gasteiger charge is -2.06. The van der Waals surface area contributed by atoms with E-state index in [2.05, 4.69) is 31.9 Å². The summed E-state index contributed by atoms with van der Waals surface area (Å²) in [6.07, 6.45) is 2.14. The van der Waals surface area contributed by atoms with Gasteiger partial charge >= 0.3 is 0 Å². The highest BCUT2D eigenvalue weighted by atomic mass is 79.9. The van der Waals surface area contributed by atoms with Gasteiger partial charge in [0.25, 0.3) is 0 Å². The summed E-state index contributed by atoms with van der Waals surface area (Å²) in [4.78, 5) is 0. The van der Waals surface area contributed by atoms with Gasteiger partial charge in [-0.1, -0.05) is 37.9 Å². The standard InChI is InChI=1S/C9H11Br2N/c10-6-2-3-7-8(11)4-1-5-9(7)12/h1,4-5H,2-3,6,12H2. The molecule has 1 nitrogen and oxygen atoms in total. The van der Waals surface area contributed by atoms with Gasteiger partial charge < -0.3 is 5.73 Å². The molecule has 66 valence electrons. The molecule has 0 heterocycles. The van der Waals surface area contributed by atoms with E-state index in [1.54, 1.807) is 0 Å². The summed E-state index contributed by atoms with van der Waals surface area (Å²) in [5.41, 5.74) is 7.92. The Morgan fingerprint density at radius 2 is 2.08 bits per heavy atom. The van der Waals surface area contributed by atoms with Gasteiger partial charge in [0, 0.05) is 15.5 Å². The lowest BCUT2D eigenvalue weighted by atomic mass is 10.1. The normalized spacial score (nSPS) is 10.2. The lowest BCUT2D eigenvalue weighted by molar-refractivity contribution is 0.937. The van der Waals surface area contributed by atoms with Crippen molar-refractivity contribution < 1.29 is 0 Å². The minimum Gasteiger partial charge on any atom is -0.398 e. The number of halogens is 2. The molecular weight excluding hydrogens is 282 g/mol. The quantitative estimate of drug-likeness (QED) is 0.671. The van der Waals surface area contributed by atoms with Crippen LogP contribution >= 0.6 is 31.9 Å². The molecule has 0 aliphatic rings. The third-order valence-corrected chi connectivity index (χ3v) is 3.02. The molecule has 0 aliphatic heterocycles. The van der Waals surface area contributed by atoms with Crippen molar-refractivity contribution in [1.82, 2.24) is 0 Å². The summed E-state index contributed by atoms with van der Waals surface area (Å²) < 4.78 is 1.11. The van der Waals surface area contributed by atoms with Crippen LogP contribution in [-0.2, 0) is 6.42 Å². The average molecular weight is 293 g/mol. The first-order valence-corrected chi connectivity index (χ1v) is 5.76. The van der Waals surface area contributed by atoms with Crippen LogP contribution in [0.4, 0.5) is 5.69 Å². The number of rotatable bonds is 3. The largest absolute Gasteiger partial charge is 0.398 e. The van der Waals surface area contributed by atoms with Gasteiger partial charge in [0.2, 0.25) is 0 Å². The van der Waals surface area contributed by atoms with Gasteiger partial charge in [0.15, 0.2) is 0 Å². The molecule has 0 aliphatic carbocycles. The highest BCUT2D eigenvalue weighted by molar-refractivity contribution is 9.10. The Labute approximate surface area is 89.6 Å². The molecule has 0 bridgehead atoms. The Morgan fingerprint density at radius 3 is 2.67 bits per heavy atom. The summed E-state index contributed by atoms with van der Waals surface area (Å²) in [5, 5.41) is 1.02. The Hall–Kier alpha value is -0.0200. The Bertz CT molecular complexity index is 240. The third-order valence-electron chi connectivity index (χ3n) is 1.72. The van der Waals surface area contributed by atoms with Crippen molar-refractivity contribution in [3.05, 3.63) is 28.2 Å². The zero-order valence-electron chi connectivity index (χ0n) is 6.69. The van der Waals surface area contributed by atoms with Gasteiger partial charge in [0.05, 0.1) is 0 Å². The van der Waals surface area contributed by atoms with Crippen LogP contribution in [0.2, 0.25) is 0 Å². The molecule has 1 rings (SSSR count). The van der Waals surface area contributed by atoms with E-state index in [9.17, 15) is 0 Å². The molecule has 0 saturated carbocycles. The van der Waals surface area contributed by atoms with Gasteiger partial charge in [0.1, 0.15) is 0 Å². The molecule has 0 radical (unpaired) electrons. The monoisotopic (exact) mass is 291 g/mol. The number of anilines is 1. The first kappa shape index (κ1) is 10.1. The van der Waals surface area contributed by atoms with E-state index in [1.165, 1.54) is 5.56 Å². The minimum absolute atomic E-state index is 0.880. The fourth-order valence-corrected chi connectivity index (χ4v) is 1.94. The first-order chi connectivity index (χ1) is 5.75. The Balaban J connectivity index is 2.81. The highest BCUT2D eigenvalue weighted by Crippen LogP contribution is 2.23. The number of nitrogens with two attached hydrogens (primary N) is 1. The molecule has 12 heavy (non-hydrogen) atoms. The molecule has 3 heteroatoms. The van der Waals surface area contributed by atoms with Crippen LogP contribution < -0.4 is 5.73 Å². The van der Waals surface area contributed by atoms with Crippen LogP contribution in [-0.4, -0.2) is 5.33 Å². The number of hydrogen-bond donors (Lipinski definition) is 1. The first-order valence-electron chi connectivity index (χ1n) is 3.84. The molecule has 0 saturated heterocycles. The number of hydrogen-bond acceptors (Lipinski definition) is 1. The van der Waals surface area contributed by atoms with Crippen LogP contribution in [0.3, 0.4) is 0 Å². The number of nitrogen functional groups attached to an aromatic ring is 1. The molecule has 0 unspecified atom stereocenters. The van der Waals surface area contributed by atoms with E-state index < -0.39 is 0 Å². The number of alkyl halides is 1. The Kier molecular flexibility index (Phi) is 4.09. The average Bonchev–Trinajstić information content (AvgIpc) is 2.04. The molecule has 1 aromatic rings. The maximum Gasteiger partial charge on any atom is 0.0357 e. The molecule has 2 N–H and O–H groups in total. The highest BCUT2D eigenvalue weighted by Gasteiger charge is 2.02. The molecule has 0 fully saturated rings. The minimum atomic E-state index is 0.880. The van der Waals surface area contributed by atoms with Crippen molar-refractivity contribution in [3.63, 3.8) is 0 Å². The van der Waals surface area contributed by atoms with Crippen molar-refractivity contribution in [1.29, 1.82) is 0 Å². The predicted octanol–water partition coefficient (Wildman–Crippen LogP) is 3.36. The molecule has 1 aromatic carbocycles. The van der Waals surface area contributed by atoms with Crippen LogP contribution in [0.1, 0.15) is 12.0 Å². The van der Waals surface area contributed by atoms with Gasteiger partial charge in [-0.2, -0.15) is 0 Å². The summed E-state index contributed by atoms with van der Waals surface area (Å²) in [5.74, 6) is 0. The summed E-state index contributed by atoms with van der Waals surface area (Å²) >= 11 is 6.88. The Morgan fingerprint density at radius 1 is 1.33 bits per heavy atom. The summed E-state index contributed by atoms with van der Waals surface area (Å²) in [6.45, 7) is 0. The van der Waals surface area contributed by atoms with E-state index in [0.29, 0.717) is 0 Å². The summed E-state index contributed by atoms with van der Waals surface area (Å²) in [6, 6.07) is 5.92. The topological polar surface area (TPSA) is 26.0 Å². The second kappa shape index (κ2) is 4.87. The van der Waals surface area contributed by atoms with Gasteiger partial charge in [-0.3, -0.25) is 0 Å². The molecule has 0 atom stereocenters. The maximum absolute atomic E-state index is 5.82. The summed E-state index contributed by atoms with van der Waals surface area (Å²) in [7, 11) is 0. The van der Waals surface area contributed by atoms with Gasteiger partial charge in [-0.05, 0) is 30.5 Å². The fourth-order valence-electron chi connectivity index (χ4n) is 1.08. The lowest BCUT2D eigenvalue weighted by Crippen LogP contribution is -1.95. The van der Waals surface area contributed by atoms with Crippen LogP contribution in [0.5, 0.6) is 0 Å². The van der Waals surface area contributed by atoms with Crippen molar-refractivity contribution in [2.45, 2.75) is 12.8 Å². The van der Waals surface area contributed by atoms with Crippen molar-refractivity contribution in [2.75, 3.05) is 11.1 Å². The van der Waals surface area contributed by atoms with Crippen LogP contribution in [0.25, 0.3) is 0 Å². The molecular formula is C9H11Br2N. The maximum atomic E-state index is 5.82. The fraction of sp³-hybridized carbons (Fsp3) is 0.333. The van der Waals surface area contributed by atoms with Crippen LogP contribution in [0, 0.1) is 0 Å². The second-order valence-electron chi connectivity index (χ2n) is 2.60. The van der Waals surface area contributed by atoms with E-state index in [1.807, 2.05) is 18.2 Å². The van der Waals surface area contributed by atoms with Crippen LogP contribution in [0.15, 0.2) is 22.7 Å². The predicted molar refractivity (Wildman–Crippen MR) is 60.7 cm³/mol. The zero-order valence-corrected chi connectivity index (χ0v) is 9.86. The third kappa shape index (κ3) is 2.49. The number of benzene rings is 1. The van der Waals surface area contributed by atoms with Crippen molar-refractivity contribution in [3.8, 4) is 0 Å². The van der Waals surface area contributed by atoms with E-state index in [4.69, 9.17) is 5.73 Å². The van der Waals surface area contributed by atoms with Gasteiger partial charge in [-0.15, -0.1) is 0 Å². The molecule has 0 amide bonds. The molecule has 0 aromatic heterocycles. The van der Waals surface area contributed by atoms with E-state index in [-0.39, 0.29) is 0 Å². The van der Waals surface area contributed by atoms with E-state index >= 15 is 0 Å². The smallest absolute Gasteiger partial charge is 0.0357 e. The van der Waals surface area contributed by atoms with E-state index in [0.717, 1.165) is 28.3 Å². The molecule has 0 spiro atoms. The second-order valence-corrected chi connectivity index (χ2v) is 4.25. The zero-order chi connectivity index (χ0) is 8.97.